The van der Waals surface area contributed by atoms with E-state index in [1.54, 1.807) is 10.9 Å². The fourth-order valence-electron chi connectivity index (χ4n) is 2.15. The minimum Gasteiger partial charge on any atom is -0.371 e. The van der Waals surface area contributed by atoms with Crippen molar-refractivity contribution in [2.24, 2.45) is 7.05 Å². The Morgan fingerprint density at radius 1 is 1.18 bits per heavy atom. The third-order valence-corrected chi connectivity index (χ3v) is 4.74. The van der Waals surface area contributed by atoms with E-state index in [1.807, 2.05) is 55.5 Å². The van der Waals surface area contributed by atoms with Gasteiger partial charge in [-0.25, -0.2) is 8.42 Å². The molecule has 2 rings (SSSR count). The maximum atomic E-state index is 12.0. The number of benzene rings is 1. The molecule has 0 saturated heterocycles. The van der Waals surface area contributed by atoms with Crippen LogP contribution in [0.1, 0.15) is 5.56 Å². The highest BCUT2D eigenvalue weighted by molar-refractivity contribution is 7.88. The van der Waals surface area contributed by atoms with Crippen LogP contribution in [-0.2, 0) is 23.6 Å². The first kappa shape index (κ1) is 16.5. The maximum Gasteiger partial charge on any atom is 0.211 e. The van der Waals surface area contributed by atoms with Crippen LogP contribution in [-0.4, -0.2) is 48.9 Å². The molecule has 0 bridgehead atoms. The molecule has 0 radical (unpaired) electrons. The van der Waals surface area contributed by atoms with Gasteiger partial charge in [-0.05, 0) is 5.56 Å². The normalized spacial score (nSPS) is 11.8. The number of anilines is 1. The lowest BCUT2D eigenvalue weighted by molar-refractivity contribution is 0.415. The molecule has 0 aliphatic carbocycles. The second-order valence-electron chi connectivity index (χ2n) is 5.38. The smallest absolute Gasteiger partial charge is 0.211 e. The number of aromatic nitrogens is 2. The predicted molar refractivity (Wildman–Crippen MR) is 88.2 cm³/mol. The van der Waals surface area contributed by atoms with Crippen LogP contribution in [0.25, 0.3) is 0 Å². The van der Waals surface area contributed by atoms with Crippen molar-refractivity contribution in [2.75, 3.05) is 31.3 Å². The number of aryl methyl sites for hydroxylation is 1. The topological polar surface area (TPSA) is 58.4 Å². The first-order chi connectivity index (χ1) is 10.4. The Hall–Kier alpha value is -1.86. The molecule has 1 aromatic carbocycles. The van der Waals surface area contributed by atoms with Gasteiger partial charge in [0.15, 0.2) is 0 Å². The number of hydrogen-bond acceptors (Lipinski definition) is 4. The first-order valence-corrected chi connectivity index (χ1v) is 8.90. The molecule has 0 fully saturated rings. The van der Waals surface area contributed by atoms with Gasteiger partial charge in [0.1, 0.15) is 0 Å². The molecule has 1 aromatic heterocycles. The van der Waals surface area contributed by atoms with E-state index in [-0.39, 0.29) is 0 Å². The molecule has 6 nitrogen and oxygen atoms in total. The summed E-state index contributed by atoms with van der Waals surface area (Å²) >= 11 is 0. The molecule has 0 unspecified atom stereocenters. The lowest BCUT2D eigenvalue weighted by Crippen LogP contribution is -2.36. The summed E-state index contributed by atoms with van der Waals surface area (Å²) in [7, 11) is 0.537. The highest BCUT2D eigenvalue weighted by Gasteiger charge is 2.17. The minimum absolute atomic E-state index is 0.389. The van der Waals surface area contributed by atoms with E-state index >= 15 is 0 Å². The fourth-order valence-corrected chi connectivity index (χ4v) is 2.94. The number of sulfonamides is 1. The summed E-state index contributed by atoms with van der Waals surface area (Å²) in [4.78, 5) is 2.00. The zero-order valence-electron chi connectivity index (χ0n) is 13.2. The zero-order chi connectivity index (χ0) is 16.2. The van der Waals surface area contributed by atoms with E-state index in [0.29, 0.717) is 19.6 Å². The van der Waals surface area contributed by atoms with E-state index < -0.39 is 10.0 Å². The van der Waals surface area contributed by atoms with Crippen molar-refractivity contribution in [1.29, 1.82) is 0 Å². The van der Waals surface area contributed by atoms with Gasteiger partial charge in [0.2, 0.25) is 10.0 Å². The van der Waals surface area contributed by atoms with Crippen LogP contribution in [0.3, 0.4) is 0 Å². The van der Waals surface area contributed by atoms with Crippen LogP contribution in [0.5, 0.6) is 0 Å². The van der Waals surface area contributed by atoms with Crippen LogP contribution in [0.2, 0.25) is 0 Å². The van der Waals surface area contributed by atoms with Crippen molar-refractivity contribution in [3.05, 3.63) is 48.3 Å². The Kier molecular flexibility index (Phi) is 5.20. The van der Waals surface area contributed by atoms with Crippen molar-refractivity contribution < 1.29 is 8.42 Å². The van der Waals surface area contributed by atoms with Gasteiger partial charge in [0.25, 0.3) is 0 Å². The van der Waals surface area contributed by atoms with E-state index in [2.05, 4.69) is 5.10 Å². The second kappa shape index (κ2) is 6.93. The molecule has 22 heavy (non-hydrogen) atoms. The summed E-state index contributed by atoms with van der Waals surface area (Å²) in [6, 6.07) is 9.62. The number of nitrogens with zero attached hydrogens (tertiary/aromatic N) is 4. The monoisotopic (exact) mass is 322 g/mol. The van der Waals surface area contributed by atoms with Crippen molar-refractivity contribution >= 4 is 15.7 Å². The Bertz CT molecular complexity index is 697. The quantitative estimate of drug-likeness (QED) is 0.771. The van der Waals surface area contributed by atoms with E-state index in [1.165, 1.54) is 10.6 Å². The van der Waals surface area contributed by atoms with Crippen molar-refractivity contribution in [3.63, 3.8) is 0 Å². The third-order valence-electron chi connectivity index (χ3n) is 3.49. The molecular formula is C15H22N4O2S. The molecule has 2 aromatic rings. The average Bonchev–Trinajstić information content (AvgIpc) is 2.89. The number of hydrogen-bond donors (Lipinski definition) is 0. The van der Waals surface area contributed by atoms with Gasteiger partial charge >= 0.3 is 0 Å². The number of likely N-dealkylation sites (N-methyl/N-ethyl adjacent to an activating group) is 1. The Labute approximate surface area is 132 Å². The summed E-state index contributed by atoms with van der Waals surface area (Å²) in [5.41, 5.74) is 1.95. The molecule has 0 amide bonds. The van der Waals surface area contributed by atoms with Crippen LogP contribution >= 0.6 is 0 Å². The number of rotatable bonds is 7. The van der Waals surface area contributed by atoms with Crippen molar-refractivity contribution in [2.45, 2.75) is 6.54 Å². The third kappa shape index (κ3) is 4.57. The van der Waals surface area contributed by atoms with Crippen LogP contribution in [0.15, 0.2) is 42.7 Å². The molecule has 0 spiro atoms. The van der Waals surface area contributed by atoms with Crippen LogP contribution in [0.4, 0.5) is 5.69 Å². The van der Waals surface area contributed by atoms with Gasteiger partial charge in [-0.15, -0.1) is 0 Å². The van der Waals surface area contributed by atoms with Gasteiger partial charge in [0, 0.05) is 39.9 Å². The van der Waals surface area contributed by atoms with Gasteiger partial charge < -0.3 is 4.90 Å². The molecule has 1 heterocycles. The van der Waals surface area contributed by atoms with Crippen molar-refractivity contribution in [1.82, 2.24) is 14.1 Å². The standard InChI is InChI=1S/C15H22N4O2S/c1-17(15-11-16-18(2)13-15)9-10-19(22(3,20)21)12-14-7-5-4-6-8-14/h4-8,11,13H,9-10,12H2,1-3H3. The highest BCUT2D eigenvalue weighted by atomic mass is 32.2. The first-order valence-electron chi connectivity index (χ1n) is 7.05. The average molecular weight is 322 g/mol. The molecule has 0 aliphatic heterocycles. The summed E-state index contributed by atoms with van der Waals surface area (Å²) in [5.74, 6) is 0. The summed E-state index contributed by atoms with van der Waals surface area (Å²) in [6.07, 6.45) is 4.92. The highest BCUT2D eigenvalue weighted by Crippen LogP contribution is 2.12. The predicted octanol–water partition coefficient (Wildman–Crippen LogP) is 1.32. The maximum absolute atomic E-state index is 12.0. The van der Waals surface area contributed by atoms with Gasteiger partial charge in [-0.2, -0.15) is 9.40 Å². The summed E-state index contributed by atoms with van der Waals surface area (Å²) in [5, 5.41) is 4.12. The SMILES string of the molecule is CN(CCN(Cc1ccccc1)S(C)(=O)=O)c1cnn(C)c1. The largest absolute Gasteiger partial charge is 0.371 e. The zero-order valence-corrected chi connectivity index (χ0v) is 14.0. The summed E-state index contributed by atoms with van der Waals surface area (Å²) in [6.45, 7) is 1.42. The summed E-state index contributed by atoms with van der Waals surface area (Å²) < 4.78 is 27.2. The fraction of sp³-hybridized carbons (Fsp3) is 0.400. The Balaban J connectivity index is 2.01. The molecule has 0 atom stereocenters. The van der Waals surface area contributed by atoms with E-state index in [4.69, 9.17) is 0 Å². The second-order valence-corrected chi connectivity index (χ2v) is 7.36. The molecule has 7 heteroatoms. The molecule has 120 valence electrons. The molecular weight excluding hydrogens is 300 g/mol. The van der Waals surface area contributed by atoms with Crippen LogP contribution < -0.4 is 4.90 Å². The Morgan fingerprint density at radius 3 is 2.41 bits per heavy atom. The van der Waals surface area contributed by atoms with E-state index in [9.17, 15) is 8.42 Å². The molecule has 0 N–H and O–H groups in total. The molecule has 0 saturated carbocycles. The lowest BCUT2D eigenvalue weighted by Gasteiger charge is -2.24. The van der Waals surface area contributed by atoms with Gasteiger partial charge in [0.05, 0.1) is 18.1 Å². The van der Waals surface area contributed by atoms with Crippen LogP contribution in [0, 0.1) is 0 Å². The lowest BCUT2D eigenvalue weighted by atomic mass is 10.2. The molecule has 0 aliphatic rings. The van der Waals surface area contributed by atoms with Gasteiger partial charge in [-0.3, -0.25) is 4.68 Å². The minimum atomic E-state index is -3.25. The van der Waals surface area contributed by atoms with Gasteiger partial charge in [-0.1, -0.05) is 30.3 Å². The van der Waals surface area contributed by atoms with E-state index in [0.717, 1.165) is 11.3 Å². The Morgan fingerprint density at radius 2 is 1.86 bits per heavy atom. The van der Waals surface area contributed by atoms with Crippen molar-refractivity contribution in [3.8, 4) is 0 Å².